The number of carbonyl (C=O) groups excluding carboxylic acids is 1. The molecule has 1 saturated heterocycles. The zero-order valence-electron chi connectivity index (χ0n) is 12.1. The van der Waals surface area contributed by atoms with Gasteiger partial charge < -0.3 is 28.6 Å². The lowest BCUT2D eigenvalue weighted by atomic mass is 10.3. The molecule has 2 atom stereocenters. The van der Waals surface area contributed by atoms with E-state index >= 15 is 0 Å². The lowest BCUT2D eigenvalue weighted by molar-refractivity contribution is -0.296. The Labute approximate surface area is 124 Å². The fraction of sp³-hybridized carbons (Fsp3) is 0.462. The number of benzene rings is 1. The molecule has 1 aromatic carbocycles. The first-order valence-electron chi connectivity index (χ1n) is 6.26. The van der Waals surface area contributed by atoms with E-state index in [-0.39, 0.29) is 12.5 Å². The number of para-hydroxylation sites is 1. The van der Waals surface area contributed by atoms with Crippen LogP contribution in [-0.4, -0.2) is 45.7 Å². The minimum absolute atomic E-state index is 0.113. The molecule has 8 heteroatoms. The number of anilines is 1. The molecule has 0 radical (unpaired) electrons. The maximum atomic E-state index is 12.1. The molecule has 1 N–H and O–H groups in total. The quantitative estimate of drug-likeness (QED) is 0.638. The van der Waals surface area contributed by atoms with Crippen LogP contribution >= 0.6 is 8.38 Å². The average Bonchev–Trinajstić information content (AvgIpc) is 3.01. The molecule has 0 saturated carbocycles. The average molecular weight is 315 g/mol. The molecule has 0 bridgehead atoms. The van der Waals surface area contributed by atoms with Crippen molar-refractivity contribution < 1.29 is 28.1 Å². The Hall–Kier alpha value is -1.08. The minimum Gasteiger partial charge on any atom is -0.325 e. The Morgan fingerprint density at radius 1 is 1.24 bits per heavy atom. The van der Waals surface area contributed by atoms with Crippen molar-refractivity contribution >= 4 is 20.0 Å². The van der Waals surface area contributed by atoms with Crippen LogP contribution in [0.3, 0.4) is 0 Å². The molecule has 1 aliphatic rings. The highest BCUT2D eigenvalue weighted by Gasteiger charge is 2.50. The summed E-state index contributed by atoms with van der Waals surface area (Å²) in [7, 11) is 2.58. The largest absolute Gasteiger partial charge is 0.355 e. The Morgan fingerprint density at radius 2 is 1.86 bits per heavy atom. The molecule has 0 aliphatic carbocycles. The van der Waals surface area contributed by atoms with Gasteiger partial charge in [0.15, 0.2) is 6.10 Å². The van der Waals surface area contributed by atoms with Crippen LogP contribution in [0.2, 0.25) is 0 Å². The SMILES string of the molecule is COC(OC)(OC)P1OCC(C(=O)Nc2ccccc2)O1. The van der Waals surface area contributed by atoms with E-state index in [2.05, 4.69) is 5.32 Å². The van der Waals surface area contributed by atoms with E-state index in [9.17, 15) is 4.79 Å². The van der Waals surface area contributed by atoms with Gasteiger partial charge in [-0.3, -0.25) is 4.79 Å². The van der Waals surface area contributed by atoms with Crippen LogP contribution in [0.1, 0.15) is 0 Å². The second-order valence-corrected chi connectivity index (χ2v) is 5.67. The summed E-state index contributed by atoms with van der Waals surface area (Å²) in [6, 6.07) is 9.12. The van der Waals surface area contributed by atoms with Crippen molar-refractivity contribution in [2.75, 3.05) is 33.3 Å². The molecule has 2 rings (SSSR count). The van der Waals surface area contributed by atoms with E-state index in [1.807, 2.05) is 18.2 Å². The number of hydrogen-bond donors (Lipinski definition) is 1. The first kappa shape index (κ1) is 16.3. The Balaban J connectivity index is 1.97. The number of carbonyl (C=O) groups is 1. The second kappa shape index (κ2) is 7.26. The highest BCUT2D eigenvalue weighted by atomic mass is 31.2. The second-order valence-electron chi connectivity index (χ2n) is 4.14. The standard InChI is InChI=1S/C13H18NO6P/c1-16-13(17-2,18-3)21-19-9-11(20-21)12(15)14-10-7-5-4-6-8-10/h4-8,11H,9H2,1-3H3,(H,14,15). The number of hydrogen-bond acceptors (Lipinski definition) is 6. The number of ether oxygens (including phenoxy) is 3. The van der Waals surface area contributed by atoms with E-state index in [1.54, 1.807) is 12.1 Å². The zero-order chi connectivity index (χ0) is 15.3. The normalized spacial score (nSPS) is 22.2. The highest BCUT2D eigenvalue weighted by molar-refractivity contribution is 7.48. The number of methoxy groups -OCH3 is 3. The van der Waals surface area contributed by atoms with Crippen LogP contribution in [0.25, 0.3) is 0 Å². The lowest BCUT2D eigenvalue weighted by Gasteiger charge is -2.30. The summed E-state index contributed by atoms with van der Waals surface area (Å²) in [5, 5.41) is 2.75. The molecule has 0 spiro atoms. The van der Waals surface area contributed by atoms with Gasteiger partial charge in [0.1, 0.15) is 0 Å². The van der Waals surface area contributed by atoms with E-state index in [4.69, 9.17) is 23.3 Å². The Morgan fingerprint density at radius 3 is 2.43 bits per heavy atom. The van der Waals surface area contributed by atoms with Gasteiger partial charge >= 0.3 is 5.71 Å². The number of rotatable bonds is 6. The van der Waals surface area contributed by atoms with Gasteiger partial charge in [0.2, 0.25) is 0 Å². The van der Waals surface area contributed by atoms with E-state index in [0.717, 1.165) is 0 Å². The van der Waals surface area contributed by atoms with Crippen LogP contribution in [0.4, 0.5) is 5.69 Å². The molecule has 7 nitrogen and oxygen atoms in total. The fourth-order valence-corrected chi connectivity index (χ4v) is 3.25. The van der Waals surface area contributed by atoms with Crippen molar-refractivity contribution in [3.05, 3.63) is 30.3 Å². The van der Waals surface area contributed by atoms with Gasteiger partial charge in [-0.15, -0.1) is 0 Å². The first-order valence-corrected chi connectivity index (χ1v) is 7.44. The first-order chi connectivity index (χ1) is 10.1. The summed E-state index contributed by atoms with van der Waals surface area (Å²) in [6.07, 6.45) is -0.740. The molecule has 1 amide bonds. The van der Waals surface area contributed by atoms with Crippen molar-refractivity contribution in [3.63, 3.8) is 0 Å². The highest BCUT2D eigenvalue weighted by Crippen LogP contribution is 2.57. The zero-order valence-corrected chi connectivity index (χ0v) is 13.0. The van der Waals surface area contributed by atoms with Crippen molar-refractivity contribution in [1.82, 2.24) is 0 Å². The third-order valence-electron chi connectivity index (χ3n) is 2.90. The van der Waals surface area contributed by atoms with Crippen molar-refractivity contribution in [1.29, 1.82) is 0 Å². The molecular formula is C13H18NO6P. The molecule has 116 valence electrons. The third-order valence-corrected chi connectivity index (χ3v) is 4.72. The predicted molar refractivity (Wildman–Crippen MR) is 76.6 cm³/mol. The van der Waals surface area contributed by atoms with Gasteiger partial charge in [-0.2, -0.15) is 0 Å². The summed E-state index contributed by atoms with van der Waals surface area (Å²) in [6.45, 7) is 0.113. The summed E-state index contributed by atoms with van der Waals surface area (Å²) in [5.74, 6) is -0.289. The summed E-state index contributed by atoms with van der Waals surface area (Å²) in [5.41, 5.74) is -0.740. The van der Waals surface area contributed by atoms with Crippen LogP contribution in [-0.2, 0) is 28.1 Å². The van der Waals surface area contributed by atoms with E-state index < -0.39 is 20.2 Å². The molecule has 2 unspecified atom stereocenters. The topological polar surface area (TPSA) is 75.2 Å². The summed E-state index contributed by atoms with van der Waals surface area (Å²) < 4.78 is 26.6. The minimum atomic E-state index is -1.67. The lowest BCUT2D eigenvalue weighted by Crippen LogP contribution is -2.34. The molecule has 1 fully saturated rings. The van der Waals surface area contributed by atoms with Crippen molar-refractivity contribution in [3.8, 4) is 0 Å². The maximum absolute atomic E-state index is 12.1. The predicted octanol–water partition coefficient (Wildman–Crippen LogP) is 1.90. The molecular weight excluding hydrogens is 297 g/mol. The fourth-order valence-electron chi connectivity index (χ4n) is 1.80. The maximum Gasteiger partial charge on any atom is 0.355 e. The van der Waals surface area contributed by atoms with E-state index in [0.29, 0.717) is 5.69 Å². The smallest absolute Gasteiger partial charge is 0.325 e. The molecule has 1 aliphatic heterocycles. The number of amides is 1. The van der Waals surface area contributed by atoms with Gasteiger partial charge in [0.05, 0.1) is 6.61 Å². The summed E-state index contributed by atoms with van der Waals surface area (Å²) in [4.78, 5) is 12.1. The van der Waals surface area contributed by atoms with Crippen molar-refractivity contribution in [2.45, 2.75) is 11.8 Å². The molecule has 1 heterocycles. The van der Waals surface area contributed by atoms with Gasteiger partial charge in [-0.05, 0) is 12.1 Å². The van der Waals surface area contributed by atoms with Gasteiger partial charge in [-0.1, -0.05) is 18.2 Å². The van der Waals surface area contributed by atoms with Crippen molar-refractivity contribution in [2.24, 2.45) is 0 Å². The molecule has 0 aromatic heterocycles. The van der Waals surface area contributed by atoms with Crippen LogP contribution in [0, 0.1) is 0 Å². The van der Waals surface area contributed by atoms with Gasteiger partial charge in [0, 0.05) is 27.0 Å². The van der Waals surface area contributed by atoms with Gasteiger partial charge in [-0.25, -0.2) is 0 Å². The van der Waals surface area contributed by atoms with Crippen LogP contribution in [0.5, 0.6) is 0 Å². The van der Waals surface area contributed by atoms with Crippen LogP contribution in [0.15, 0.2) is 30.3 Å². The van der Waals surface area contributed by atoms with Crippen LogP contribution < -0.4 is 5.32 Å². The Bertz CT molecular complexity index is 459. The monoisotopic (exact) mass is 315 g/mol. The molecule has 21 heavy (non-hydrogen) atoms. The molecule has 1 aromatic rings. The van der Waals surface area contributed by atoms with E-state index in [1.165, 1.54) is 21.3 Å². The Kier molecular flexibility index (Phi) is 5.64. The van der Waals surface area contributed by atoms with Gasteiger partial charge in [0.25, 0.3) is 14.3 Å². The third kappa shape index (κ3) is 3.58. The summed E-state index contributed by atoms with van der Waals surface area (Å²) >= 11 is 0. The number of nitrogens with one attached hydrogen (secondary N) is 1.